The van der Waals surface area contributed by atoms with E-state index < -0.39 is 0 Å². The third-order valence-corrected chi connectivity index (χ3v) is 6.94. The molecule has 0 bridgehead atoms. The molecule has 1 atom stereocenters. The van der Waals surface area contributed by atoms with Crippen LogP contribution in [0.2, 0.25) is 0 Å². The minimum Gasteiger partial charge on any atom is -0.322 e. The molecule has 0 unspecified atom stereocenters. The van der Waals surface area contributed by atoms with E-state index in [1.165, 1.54) is 5.56 Å². The Morgan fingerprint density at radius 3 is 2.25 bits per heavy atom. The predicted octanol–water partition coefficient (Wildman–Crippen LogP) is 6.32. The van der Waals surface area contributed by atoms with Crippen molar-refractivity contribution in [2.75, 3.05) is 16.0 Å². The Labute approximate surface area is 194 Å². The maximum absolute atomic E-state index is 12.7. The van der Waals surface area contributed by atoms with Crippen molar-refractivity contribution in [3.63, 3.8) is 0 Å². The molecular formula is C27H28N2O2S. The number of carbonyl (C=O) groups is 2. The summed E-state index contributed by atoms with van der Waals surface area (Å²) in [7, 11) is 0. The molecule has 32 heavy (non-hydrogen) atoms. The van der Waals surface area contributed by atoms with Gasteiger partial charge < -0.3 is 5.32 Å². The number of anilines is 2. The van der Waals surface area contributed by atoms with Crippen LogP contribution in [0.15, 0.2) is 72.8 Å². The van der Waals surface area contributed by atoms with Crippen molar-refractivity contribution >= 4 is 35.0 Å². The zero-order valence-corrected chi connectivity index (χ0v) is 19.7. The van der Waals surface area contributed by atoms with Gasteiger partial charge in [-0.1, -0.05) is 63.2 Å². The number of aryl methyl sites for hydroxylation is 1. The van der Waals surface area contributed by atoms with E-state index in [1.54, 1.807) is 11.8 Å². The Hall–Kier alpha value is -3.05. The van der Waals surface area contributed by atoms with Gasteiger partial charge in [0, 0.05) is 16.9 Å². The number of nitrogens with one attached hydrogen (secondary N) is 1. The van der Waals surface area contributed by atoms with Crippen molar-refractivity contribution in [1.29, 1.82) is 0 Å². The van der Waals surface area contributed by atoms with Crippen LogP contribution in [0.1, 0.15) is 53.2 Å². The van der Waals surface area contributed by atoms with Crippen LogP contribution >= 0.6 is 11.8 Å². The lowest BCUT2D eigenvalue weighted by molar-refractivity contribution is -0.115. The summed E-state index contributed by atoms with van der Waals surface area (Å²) in [6, 6.07) is 23.6. The summed E-state index contributed by atoms with van der Waals surface area (Å²) < 4.78 is 0. The van der Waals surface area contributed by atoms with Crippen LogP contribution < -0.4 is 10.2 Å². The second kappa shape index (κ2) is 8.83. The number of rotatable bonds is 4. The third kappa shape index (κ3) is 4.58. The normalized spacial score (nSPS) is 16.3. The summed E-state index contributed by atoms with van der Waals surface area (Å²) in [6.07, 6.45) is 0. The van der Waals surface area contributed by atoms with Gasteiger partial charge in [-0.3, -0.25) is 14.5 Å². The van der Waals surface area contributed by atoms with Gasteiger partial charge in [0.1, 0.15) is 5.37 Å². The standard InChI is InChI=1S/C27H28N2O2S/c1-18-7-5-6-8-23(18)25(31)28-21-13-9-19(10-14-21)26-29(24(30)17-32-26)22-15-11-20(12-16-22)27(2,3)4/h5-16,26H,17H2,1-4H3,(H,28,31)/t26-/m0/s1. The zero-order valence-electron chi connectivity index (χ0n) is 18.9. The molecule has 4 rings (SSSR count). The maximum atomic E-state index is 12.7. The van der Waals surface area contributed by atoms with E-state index in [-0.39, 0.29) is 22.6 Å². The Balaban J connectivity index is 1.52. The first-order valence-electron chi connectivity index (χ1n) is 10.8. The Morgan fingerprint density at radius 1 is 0.969 bits per heavy atom. The second-order valence-electron chi connectivity index (χ2n) is 9.12. The second-order valence-corrected chi connectivity index (χ2v) is 10.2. The van der Waals surface area contributed by atoms with Crippen LogP contribution in [-0.2, 0) is 10.2 Å². The summed E-state index contributed by atoms with van der Waals surface area (Å²) in [5.41, 5.74) is 5.60. The fraction of sp³-hybridized carbons (Fsp3) is 0.259. The van der Waals surface area contributed by atoms with Crippen molar-refractivity contribution in [3.05, 3.63) is 95.1 Å². The van der Waals surface area contributed by atoms with Crippen molar-refractivity contribution in [2.24, 2.45) is 0 Å². The highest BCUT2D eigenvalue weighted by Crippen LogP contribution is 2.42. The highest BCUT2D eigenvalue weighted by molar-refractivity contribution is 8.00. The lowest BCUT2D eigenvalue weighted by Gasteiger charge is -2.26. The van der Waals surface area contributed by atoms with Gasteiger partial charge in [-0.05, 0) is 59.4 Å². The highest BCUT2D eigenvalue weighted by atomic mass is 32.2. The van der Waals surface area contributed by atoms with Crippen molar-refractivity contribution in [1.82, 2.24) is 0 Å². The van der Waals surface area contributed by atoms with Gasteiger partial charge in [0.15, 0.2) is 0 Å². The van der Waals surface area contributed by atoms with Gasteiger partial charge in [-0.25, -0.2) is 0 Å². The minimum atomic E-state index is -0.123. The van der Waals surface area contributed by atoms with Crippen molar-refractivity contribution in [3.8, 4) is 0 Å². The Morgan fingerprint density at radius 2 is 1.62 bits per heavy atom. The molecule has 164 valence electrons. The van der Waals surface area contributed by atoms with Gasteiger partial charge in [0.05, 0.1) is 5.75 Å². The van der Waals surface area contributed by atoms with E-state index in [9.17, 15) is 9.59 Å². The average molecular weight is 445 g/mol. The van der Waals surface area contributed by atoms with E-state index in [0.29, 0.717) is 11.3 Å². The Kier molecular flexibility index (Phi) is 6.11. The number of hydrogen-bond acceptors (Lipinski definition) is 3. The molecule has 1 fully saturated rings. The van der Waals surface area contributed by atoms with E-state index >= 15 is 0 Å². The average Bonchev–Trinajstić information content (AvgIpc) is 3.15. The summed E-state index contributed by atoms with van der Waals surface area (Å²) in [5, 5.41) is 2.88. The highest BCUT2D eigenvalue weighted by Gasteiger charge is 2.34. The van der Waals surface area contributed by atoms with Crippen molar-refractivity contribution in [2.45, 2.75) is 38.5 Å². The summed E-state index contributed by atoms with van der Waals surface area (Å²) in [6.45, 7) is 8.47. The van der Waals surface area contributed by atoms with E-state index in [2.05, 4.69) is 38.2 Å². The molecule has 1 aliphatic rings. The molecule has 1 N–H and O–H groups in total. The quantitative estimate of drug-likeness (QED) is 0.512. The summed E-state index contributed by atoms with van der Waals surface area (Å²) in [5.74, 6) is 0.444. The van der Waals surface area contributed by atoms with Gasteiger partial charge in [-0.2, -0.15) is 0 Å². The fourth-order valence-corrected chi connectivity index (χ4v) is 5.01. The topological polar surface area (TPSA) is 49.4 Å². The third-order valence-electron chi connectivity index (χ3n) is 5.72. The lowest BCUT2D eigenvalue weighted by atomic mass is 9.87. The Bertz CT molecular complexity index is 1130. The van der Waals surface area contributed by atoms with E-state index in [4.69, 9.17) is 0 Å². The van der Waals surface area contributed by atoms with Crippen LogP contribution in [0.25, 0.3) is 0 Å². The molecule has 3 aromatic rings. The number of thioether (sulfide) groups is 1. The number of benzene rings is 3. The van der Waals surface area contributed by atoms with Crippen LogP contribution in [0.5, 0.6) is 0 Å². The molecule has 0 spiro atoms. The molecule has 5 heteroatoms. The largest absolute Gasteiger partial charge is 0.322 e. The van der Waals surface area contributed by atoms with E-state index in [1.807, 2.05) is 72.5 Å². The first-order chi connectivity index (χ1) is 15.2. The molecule has 4 nitrogen and oxygen atoms in total. The molecule has 0 saturated carbocycles. The molecule has 1 saturated heterocycles. The lowest BCUT2D eigenvalue weighted by Crippen LogP contribution is -2.28. The monoisotopic (exact) mass is 444 g/mol. The van der Waals surface area contributed by atoms with Crippen molar-refractivity contribution < 1.29 is 9.59 Å². The molecule has 0 aromatic heterocycles. The van der Waals surface area contributed by atoms with Gasteiger partial charge in [0.2, 0.25) is 5.91 Å². The molecule has 3 aromatic carbocycles. The number of hydrogen-bond donors (Lipinski definition) is 1. The minimum absolute atomic E-state index is 0.0697. The smallest absolute Gasteiger partial charge is 0.255 e. The fourth-order valence-electron chi connectivity index (χ4n) is 3.83. The maximum Gasteiger partial charge on any atom is 0.255 e. The SMILES string of the molecule is Cc1ccccc1C(=O)Nc1ccc([C@@H]2SCC(=O)N2c2ccc(C(C)(C)C)cc2)cc1. The molecular weight excluding hydrogens is 416 g/mol. The summed E-state index contributed by atoms with van der Waals surface area (Å²) >= 11 is 1.62. The van der Waals surface area contributed by atoms with Gasteiger partial charge in [-0.15, -0.1) is 11.8 Å². The number of nitrogens with zero attached hydrogens (tertiary/aromatic N) is 1. The summed E-state index contributed by atoms with van der Waals surface area (Å²) in [4.78, 5) is 27.1. The molecule has 0 radical (unpaired) electrons. The molecule has 0 aliphatic carbocycles. The van der Waals surface area contributed by atoms with Crippen LogP contribution in [-0.4, -0.2) is 17.6 Å². The number of amides is 2. The predicted molar refractivity (Wildman–Crippen MR) is 133 cm³/mol. The molecule has 1 aliphatic heterocycles. The first-order valence-corrected chi connectivity index (χ1v) is 11.8. The van der Waals surface area contributed by atoms with Crippen LogP contribution in [0.3, 0.4) is 0 Å². The van der Waals surface area contributed by atoms with Gasteiger partial charge in [0.25, 0.3) is 5.91 Å². The van der Waals surface area contributed by atoms with Crippen LogP contribution in [0, 0.1) is 6.92 Å². The number of carbonyl (C=O) groups excluding carboxylic acids is 2. The van der Waals surface area contributed by atoms with Gasteiger partial charge >= 0.3 is 0 Å². The molecule has 2 amide bonds. The van der Waals surface area contributed by atoms with Crippen LogP contribution in [0.4, 0.5) is 11.4 Å². The molecule has 1 heterocycles. The zero-order chi connectivity index (χ0) is 22.9. The first kappa shape index (κ1) is 22.2. The van der Waals surface area contributed by atoms with E-state index in [0.717, 1.165) is 22.5 Å².